The lowest BCUT2D eigenvalue weighted by Crippen LogP contribution is -2.55. The molecule has 30 heavy (non-hydrogen) atoms. The number of hydrogen-bond acceptors (Lipinski definition) is 3. The van der Waals surface area contributed by atoms with Crippen LogP contribution in [0.25, 0.3) is 0 Å². The molecule has 0 saturated carbocycles. The van der Waals surface area contributed by atoms with Gasteiger partial charge in [0, 0.05) is 58.8 Å². The van der Waals surface area contributed by atoms with Gasteiger partial charge in [-0.15, -0.1) is 24.0 Å². The maximum absolute atomic E-state index is 11.6. The number of rotatable bonds is 5. The number of nitrogens with zero attached hydrogens (tertiary/aromatic N) is 3. The Kier molecular flexibility index (Phi) is 9.40. The Morgan fingerprint density at radius 2 is 1.83 bits per heavy atom. The van der Waals surface area contributed by atoms with Crippen LogP contribution in [0.5, 0.6) is 0 Å². The number of guanidine groups is 1. The number of amides is 1. The lowest BCUT2D eigenvalue weighted by Gasteiger charge is -2.42. The third-order valence-corrected chi connectivity index (χ3v) is 6.54. The van der Waals surface area contributed by atoms with Crippen molar-refractivity contribution in [3.05, 3.63) is 35.4 Å². The Morgan fingerprint density at radius 1 is 1.17 bits per heavy atom. The molecule has 0 spiro atoms. The van der Waals surface area contributed by atoms with E-state index in [1.807, 2.05) is 7.05 Å². The normalized spacial score (nSPS) is 18.4. The smallest absolute Gasteiger partial charge is 0.220 e. The van der Waals surface area contributed by atoms with Crippen LogP contribution in [-0.2, 0) is 17.8 Å². The van der Waals surface area contributed by atoms with Gasteiger partial charge in [-0.25, -0.2) is 0 Å². The second-order valence-electron chi connectivity index (χ2n) is 8.96. The highest BCUT2D eigenvalue weighted by Gasteiger charge is 2.31. The zero-order chi connectivity index (χ0) is 20.9. The van der Waals surface area contributed by atoms with E-state index in [9.17, 15) is 4.79 Å². The standard InChI is InChI=1S/C23H37N5O.HI/c1-23(2,28-14-11-19-7-5-6-8-20(19)16-28)17-26-22(25-4)27-12-9-18(10-13-27)15-21(29)24-3;/h5-8,18H,9-17H2,1-4H3,(H,24,29)(H,25,26);1H. The highest BCUT2D eigenvalue weighted by Crippen LogP contribution is 2.25. The minimum atomic E-state index is 0. The summed E-state index contributed by atoms with van der Waals surface area (Å²) in [5, 5.41) is 6.36. The van der Waals surface area contributed by atoms with Gasteiger partial charge in [0.2, 0.25) is 5.91 Å². The molecule has 1 fully saturated rings. The fourth-order valence-electron chi connectivity index (χ4n) is 4.46. The first-order chi connectivity index (χ1) is 13.9. The Labute approximate surface area is 198 Å². The molecule has 2 N–H and O–H groups in total. The van der Waals surface area contributed by atoms with Crippen molar-refractivity contribution in [1.82, 2.24) is 20.4 Å². The molecule has 2 heterocycles. The molecular formula is C23H38IN5O. The molecule has 2 aliphatic heterocycles. The van der Waals surface area contributed by atoms with Crippen LogP contribution in [0.1, 0.15) is 44.2 Å². The molecular weight excluding hydrogens is 489 g/mol. The zero-order valence-corrected chi connectivity index (χ0v) is 21.2. The van der Waals surface area contributed by atoms with Crippen molar-refractivity contribution in [1.29, 1.82) is 0 Å². The molecule has 0 aromatic heterocycles. The Morgan fingerprint density at radius 3 is 2.47 bits per heavy atom. The summed E-state index contributed by atoms with van der Waals surface area (Å²) in [4.78, 5) is 21.1. The van der Waals surface area contributed by atoms with E-state index in [1.54, 1.807) is 7.05 Å². The van der Waals surface area contributed by atoms with Crippen LogP contribution >= 0.6 is 24.0 Å². The largest absolute Gasteiger partial charge is 0.359 e. The Balaban J connectivity index is 0.00000320. The van der Waals surface area contributed by atoms with Gasteiger partial charge in [-0.1, -0.05) is 24.3 Å². The number of hydrogen-bond donors (Lipinski definition) is 2. The van der Waals surface area contributed by atoms with Crippen molar-refractivity contribution < 1.29 is 4.79 Å². The summed E-state index contributed by atoms with van der Waals surface area (Å²) in [5.41, 5.74) is 2.98. The molecule has 6 nitrogen and oxygen atoms in total. The maximum atomic E-state index is 11.6. The number of carbonyl (C=O) groups is 1. The Bertz CT molecular complexity index is 728. The highest BCUT2D eigenvalue weighted by atomic mass is 127. The fourth-order valence-corrected chi connectivity index (χ4v) is 4.46. The number of piperidine rings is 1. The van der Waals surface area contributed by atoms with Gasteiger partial charge in [-0.05, 0) is 50.2 Å². The van der Waals surface area contributed by atoms with E-state index in [1.165, 1.54) is 11.1 Å². The molecule has 1 amide bonds. The van der Waals surface area contributed by atoms with Gasteiger partial charge in [0.1, 0.15) is 0 Å². The first kappa shape index (κ1) is 24.9. The molecule has 0 aliphatic carbocycles. The van der Waals surface area contributed by atoms with Crippen LogP contribution < -0.4 is 10.6 Å². The minimum absolute atomic E-state index is 0. The molecule has 1 saturated heterocycles. The van der Waals surface area contributed by atoms with Crippen molar-refractivity contribution in [3.8, 4) is 0 Å². The number of fused-ring (bicyclic) bond motifs is 1. The fraction of sp³-hybridized carbons (Fsp3) is 0.652. The molecule has 7 heteroatoms. The molecule has 0 bridgehead atoms. The predicted octanol–water partition coefficient (Wildman–Crippen LogP) is 2.86. The van der Waals surface area contributed by atoms with Crippen molar-refractivity contribution in [2.75, 3.05) is 40.3 Å². The number of aliphatic imine (C=N–C) groups is 1. The number of halogens is 1. The minimum Gasteiger partial charge on any atom is -0.359 e. The van der Waals surface area contributed by atoms with E-state index in [-0.39, 0.29) is 35.4 Å². The van der Waals surface area contributed by atoms with E-state index in [0.717, 1.165) is 57.9 Å². The number of carbonyl (C=O) groups excluding carboxylic acids is 1. The van der Waals surface area contributed by atoms with Gasteiger partial charge >= 0.3 is 0 Å². The quantitative estimate of drug-likeness (QED) is 0.352. The molecule has 0 radical (unpaired) electrons. The number of benzene rings is 1. The zero-order valence-electron chi connectivity index (χ0n) is 18.9. The first-order valence-corrected chi connectivity index (χ1v) is 10.9. The van der Waals surface area contributed by atoms with Crippen molar-refractivity contribution in [2.24, 2.45) is 10.9 Å². The van der Waals surface area contributed by atoms with Crippen LogP contribution in [-0.4, -0.2) is 67.5 Å². The average Bonchev–Trinajstić information content (AvgIpc) is 2.74. The van der Waals surface area contributed by atoms with Crippen LogP contribution in [0, 0.1) is 5.92 Å². The van der Waals surface area contributed by atoms with Crippen molar-refractivity contribution in [2.45, 2.75) is 51.6 Å². The van der Waals surface area contributed by atoms with Gasteiger partial charge in [0.25, 0.3) is 0 Å². The SMILES string of the molecule is CN=C(NCC(C)(C)N1CCc2ccccc2C1)N1CCC(CC(=O)NC)CC1.I. The summed E-state index contributed by atoms with van der Waals surface area (Å²) in [6.45, 7) is 9.51. The summed E-state index contributed by atoms with van der Waals surface area (Å²) in [6.07, 6.45) is 3.84. The van der Waals surface area contributed by atoms with Gasteiger partial charge < -0.3 is 15.5 Å². The van der Waals surface area contributed by atoms with E-state index in [0.29, 0.717) is 12.3 Å². The van der Waals surface area contributed by atoms with Crippen LogP contribution in [0.4, 0.5) is 0 Å². The molecule has 1 aromatic rings. The van der Waals surface area contributed by atoms with Gasteiger partial charge in [0.05, 0.1) is 0 Å². The molecule has 2 aliphatic rings. The maximum Gasteiger partial charge on any atom is 0.220 e. The number of likely N-dealkylation sites (tertiary alicyclic amines) is 1. The van der Waals surface area contributed by atoms with Crippen LogP contribution in [0.3, 0.4) is 0 Å². The topological polar surface area (TPSA) is 60.0 Å². The lowest BCUT2D eigenvalue weighted by atomic mass is 9.93. The Hall–Kier alpha value is -1.35. The van der Waals surface area contributed by atoms with Crippen molar-refractivity contribution >= 4 is 35.8 Å². The molecule has 168 valence electrons. The number of nitrogens with one attached hydrogen (secondary N) is 2. The summed E-state index contributed by atoms with van der Waals surface area (Å²) in [7, 11) is 3.58. The molecule has 0 unspecified atom stereocenters. The second-order valence-corrected chi connectivity index (χ2v) is 8.96. The molecule has 3 rings (SSSR count). The van der Waals surface area contributed by atoms with E-state index in [4.69, 9.17) is 0 Å². The monoisotopic (exact) mass is 527 g/mol. The summed E-state index contributed by atoms with van der Waals surface area (Å²) in [6, 6.07) is 8.80. The predicted molar refractivity (Wildman–Crippen MR) is 134 cm³/mol. The molecule has 0 atom stereocenters. The molecule has 1 aromatic carbocycles. The highest BCUT2D eigenvalue weighted by molar-refractivity contribution is 14.0. The summed E-state index contributed by atoms with van der Waals surface area (Å²) >= 11 is 0. The van der Waals surface area contributed by atoms with Crippen LogP contribution in [0.15, 0.2) is 29.3 Å². The third kappa shape index (κ3) is 6.33. The summed E-state index contributed by atoms with van der Waals surface area (Å²) < 4.78 is 0. The van der Waals surface area contributed by atoms with Gasteiger partial charge in [0.15, 0.2) is 5.96 Å². The first-order valence-electron chi connectivity index (χ1n) is 10.9. The summed E-state index contributed by atoms with van der Waals surface area (Å²) in [5.74, 6) is 1.61. The van der Waals surface area contributed by atoms with Gasteiger partial charge in [-0.2, -0.15) is 0 Å². The lowest BCUT2D eigenvalue weighted by molar-refractivity contribution is -0.121. The van der Waals surface area contributed by atoms with Gasteiger partial charge in [-0.3, -0.25) is 14.7 Å². The van der Waals surface area contributed by atoms with E-state index >= 15 is 0 Å². The second kappa shape index (κ2) is 11.3. The average molecular weight is 527 g/mol. The third-order valence-electron chi connectivity index (χ3n) is 6.54. The van der Waals surface area contributed by atoms with E-state index < -0.39 is 0 Å². The van der Waals surface area contributed by atoms with E-state index in [2.05, 4.69) is 63.5 Å². The van der Waals surface area contributed by atoms with Crippen LogP contribution in [0.2, 0.25) is 0 Å². The van der Waals surface area contributed by atoms with Crippen molar-refractivity contribution in [3.63, 3.8) is 0 Å².